The van der Waals surface area contributed by atoms with E-state index in [9.17, 15) is 17.6 Å². The number of rotatable bonds is 8. The van der Waals surface area contributed by atoms with E-state index in [4.69, 9.17) is 4.74 Å². The number of hydrogen-bond donors (Lipinski definition) is 1. The highest BCUT2D eigenvalue weighted by molar-refractivity contribution is 7.89. The number of aromatic nitrogens is 2. The van der Waals surface area contributed by atoms with Gasteiger partial charge < -0.3 is 15.0 Å². The van der Waals surface area contributed by atoms with Crippen LogP contribution in [-0.4, -0.2) is 73.7 Å². The van der Waals surface area contributed by atoms with Crippen molar-refractivity contribution in [2.45, 2.75) is 0 Å². The number of carbonyl (C=O) groups excluding carboxylic acids is 1. The molecule has 0 saturated carbocycles. The molecule has 0 unspecified atom stereocenters. The molecular formula is C18H22FN5O4S. The normalized spacial score (nSPS) is 15.1. The lowest BCUT2D eigenvalue weighted by Gasteiger charge is -2.33. The number of anilines is 1. The van der Waals surface area contributed by atoms with E-state index in [1.807, 2.05) is 4.90 Å². The third-order valence-electron chi connectivity index (χ3n) is 4.33. The molecule has 11 heteroatoms. The van der Waals surface area contributed by atoms with Crippen LogP contribution in [0.5, 0.6) is 5.75 Å². The summed E-state index contributed by atoms with van der Waals surface area (Å²) in [5.74, 6) is -0.107. The maximum Gasteiger partial charge on any atom is 0.257 e. The fraction of sp³-hybridized carbons (Fsp3) is 0.389. The van der Waals surface area contributed by atoms with Crippen molar-refractivity contribution in [2.75, 3.05) is 50.0 Å². The van der Waals surface area contributed by atoms with Gasteiger partial charge in [0.25, 0.3) is 5.91 Å². The van der Waals surface area contributed by atoms with Crippen LogP contribution in [0.4, 0.5) is 10.3 Å². The monoisotopic (exact) mass is 423 g/mol. The Kier molecular flexibility index (Phi) is 6.94. The summed E-state index contributed by atoms with van der Waals surface area (Å²) in [7, 11) is -3.49. The molecule has 1 amide bonds. The van der Waals surface area contributed by atoms with E-state index in [-0.39, 0.29) is 18.9 Å². The summed E-state index contributed by atoms with van der Waals surface area (Å²) in [6.45, 7) is 1.38. The zero-order valence-corrected chi connectivity index (χ0v) is 16.5. The number of piperazine rings is 1. The first-order valence-electron chi connectivity index (χ1n) is 9.09. The third-order valence-corrected chi connectivity index (χ3v) is 6.20. The van der Waals surface area contributed by atoms with Gasteiger partial charge in [-0.2, -0.15) is 4.31 Å². The van der Waals surface area contributed by atoms with Crippen LogP contribution in [0.1, 0.15) is 0 Å². The second-order valence-corrected chi connectivity index (χ2v) is 8.43. The summed E-state index contributed by atoms with van der Waals surface area (Å²) in [6, 6.07) is 7.00. The minimum absolute atomic E-state index is 0.0179. The number of nitrogens with one attached hydrogen (secondary N) is 1. The lowest BCUT2D eigenvalue weighted by Crippen LogP contribution is -2.50. The Labute approximate surface area is 168 Å². The van der Waals surface area contributed by atoms with E-state index in [0.717, 1.165) is 0 Å². The predicted molar refractivity (Wildman–Crippen MR) is 105 cm³/mol. The number of sulfonamides is 1. The smallest absolute Gasteiger partial charge is 0.257 e. The molecule has 0 radical (unpaired) electrons. The summed E-state index contributed by atoms with van der Waals surface area (Å²) in [5.41, 5.74) is 0. The number of ether oxygens (including phenoxy) is 1. The molecule has 0 spiro atoms. The lowest BCUT2D eigenvalue weighted by molar-refractivity contribution is -0.122. The van der Waals surface area contributed by atoms with Gasteiger partial charge in [-0.05, 0) is 30.3 Å². The van der Waals surface area contributed by atoms with Crippen LogP contribution in [0.15, 0.2) is 42.7 Å². The fourth-order valence-electron chi connectivity index (χ4n) is 2.80. The number of benzene rings is 1. The lowest BCUT2D eigenvalue weighted by atomic mass is 10.3. The Bertz CT molecular complexity index is 904. The number of halogens is 1. The van der Waals surface area contributed by atoms with Crippen LogP contribution in [0, 0.1) is 5.82 Å². The molecule has 1 aliphatic rings. The molecule has 1 fully saturated rings. The van der Waals surface area contributed by atoms with Gasteiger partial charge in [-0.15, -0.1) is 0 Å². The number of hydrogen-bond acceptors (Lipinski definition) is 7. The quantitative estimate of drug-likeness (QED) is 0.650. The van der Waals surface area contributed by atoms with Gasteiger partial charge in [0.05, 0.1) is 5.75 Å². The van der Waals surface area contributed by atoms with Crippen molar-refractivity contribution in [3.05, 3.63) is 48.5 Å². The van der Waals surface area contributed by atoms with Crippen molar-refractivity contribution >= 4 is 21.9 Å². The van der Waals surface area contributed by atoms with E-state index in [1.54, 1.807) is 18.5 Å². The number of amides is 1. The Morgan fingerprint density at radius 3 is 2.41 bits per heavy atom. The van der Waals surface area contributed by atoms with Crippen LogP contribution in [0.25, 0.3) is 0 Å². The summed E-state index contributed by atoms with van der Waals surface area (Å²) in [6.07, 6.45) is 3.29. The number of carbonyl (C=O) groups is 1. The number of nitrogens with zero attached hydrogens (tertiary/aromatic N) is 4. The first-order valence-corrected chi connectivity index (χ1v) is 10.7. The van der Waals surface area contributed by atoms with Crippen molar-refractivity contribution in [3.8, 4) is 5.75 Å². The van der Waals surface area contributed by atoms with Crippen LogP contribution >= 0.6 is 0 Å². The second kappa shape index (κ2) is 9.61. The molecule has 1 aromatic carbocycles. The van der Waals surface area contributed by atoms with Gasteiger partial charge in [-0.1, -0.05) is 0 Å². The zero-order valence-electron chi connectivity index (χ0n) is 15.7. The Balaban J connectivity index is 1.38. The van der Waals surface area contributed by atoms with Crippen LogP contribution < -0.4 is 15.0 Å². The minimum atomic E-state index is -3.49. The van der Waals surface area contributed by atoms with Crippen molar-refractivity contribution in [3.63, 3.8) is 0 Å². The molecule has 2 heterocycles. The topological polar surface area (TPSA) is 105 Å². The molecule has 0 bridgehead atoms. The van der Waals surface area contributed by atoms with Gasteiger partial charge in [0.2, 0.25) is 16.0 Å². The average molecular weight is 423 g/mol. The molecule has 3 rings (SSSR count). The van der Waals surface area contributed by atoms with E-state index in [1.165, 1.54) is 28.6 Å². The maximum atomic E-state index is 12.8. The van der Waals surface area contributed by atoms with E-state index >= 15 is 0 Å². The fourth-order valence-corrected chi connectivity index (χ4v) is 4.14. The summed E-state index contributed by atoms with van der Waals surface area (Å²) in [5, 5.41) is 2.52. The predicted octanol–water partition coefficient (Wildman–Crippen LogP) is 0.263. The van der Waals surface area contributed by atoms with E-state index in [0.29, 0.717) is 37.9 Å². The molecule has 0 aliphatic carbocycles. The molecule has 29 heavy (non-hydrogen) atoms. The Hall–Kier alpha value is -2.79. The molecular weight excluding hydrogens is 401 g/mol. The molecule has 2 aromatic rings. The molecule has 1 N–H and O–H groups in total. The van der Waals surface area contributed by atoms with Gasteiger partial charge in [0, 0.05) is 45.1 Å². The zero-order chi connectivity index (χ0) is 20.7. The summed E-state index contributed by atoms with van der Waals surface area (Å²) in [4.78, 5) is 22.1. The standard InChI is InChI=1S/C18H22FN5O4S/c19-15-2-4-16(5-3-15)28-14-17(25)20-8-13-29(26,27)24-11-9-23(10-12-24)18-21-6-1-7-22-18/h1-7H,8-14H2,(H,20,25). The van der Waals surface area contributed by atoms with E-state index in [2.05, 4.69) is 15.3 Å². The van der Waals surface area contributed by atoms with Crippen molar-refractivity contribution in [1.29, 1.82) is 0 Å². The summed E-state index contributed by atoms with van der Waals surface area (Å²) < 4.78 is 44.4. The first-order chi connectivity index (χ1) is 13.9. The first kappa shape index (κ1) is 20.9. The minimum Gasteiger partial charge on any atom is -0.484 e. The van der Waals surface area contributed by atoms with Gasteiger partial charge in [0.1, 0.15) is 11.6 Å². The maximum absolute atomic E-state index is 12.8. The van der Waals surface area contributed by atoms with Crippen molar-refractivity contribution in [1.82, 2.24) is 19.6 Å². The second-order valence-electron chi connectivity index (χ2n) is 6.34. The van der Waals surface area contributed by atoms with Crippen LogP contribution in [0.2, 0.25) is 0 Å². The third kappa shape index (κ3) is 6.09. The van der Waals surface area contributed by atoms with Gasteiger partial charge in [-0.3, -0.25) is 4.79 Å². The van der Waals surface area contributed by atoms with Crippen LogP contribution in [-0.2, 0) is 14.8 Å². The highest BCUT2D eigenvalue weighted by Gasteiger charge is 2.27. The average Bonchev–Trinajstić information content (AvgIpc) is 2.74. The molecule has 0 atom stereocenters. The summed E-state index contributed by atoms with van der Waals surface area (Å²) >= 11 is 0. The largest absolute Gasteiger partial charge is 0.484 e. The van der Waals surface area contributed by atoms with Gasteiger partial charge in [0.15, 0.2) is 6.61 Å². The molecule has 1 aliphatic heterocycles. The van der Waals surface area contributed by atoms with Crippen molar-refractivity contribution < 1.29 is 22.3 Å². The van der Waals surface area contributed by atoms with Gasteiger partial charge >= 0.3 is 0 Å². The highest BCUT2D eigenvalue weighted by atomic mass is 32.2. The molecule has 9 nitrogen and oxygen atoms in total. The van der Waals surface area contributed by atoms with Gasteiger partial charge in [-0.25, -0.2) is 22.8 Å². The molecule has 156 valence electrons. The molecule has 1 aromatic heterocycles. The Morgan fingerprint density at radius 1 is 1.10 bits per heavy atom. The van der Waals surface area contributed by atoms with E-state index < -0.39 is 21.7 Å². The van der Waals surface area contributed by atoms with Crippen molar-refractivity contribution in [2.24, 2.45) is 0 Å². The highest BCUT2D eigenvalue weighted by Crippen LogP contribution is 2.13. The Morgan fingerprint density at radius 2 is 1.76 bits per heavy atom. The molecule has 1 saturated heterocycles. The SMILES string of the molecule is O=C(COc1ccc(F)cc1)NCCS(=O)(=O)N1CCN(c2ncccn2)CC1. The van der Waals surface area contributed by atoms with Crippen LogP contribution in [0.3, 0.4) is 0 Å².